The number of anilines is 1. The first-order valence-corrected chi connectivity index (χ1v) is 9.96. The van der Waals surface area contributed by atoms with Crippen LogP contribution in [0.2, 0.25) is 0 Å². The first-order valence-electron chi connectivity index (χ1n) is 9.96. The molecule has 8 heteroatoms. The van der Waals surface area contributed by atoms with Crippen molar-refractivity contribution in [1.29, 1.82) is 0 Å². The predicted octanol–water partition coefficient (Wildman–Crippen LogP) is 3.33. The summed E-state index contributed by atoms with van der Waals surface area (Å²) in [6.07, 6.45) is 2.32. The van der Waals surface area contributed by atoms with E-state index in [0.717, 1.165) is 5.69 Å². The highest BCUT2D eigenvalue weighted by molar-refractivity contribution is 6.09. The van der Waals surface area contributed by atoms with Crippen LogP contribution in [0.3, 0.4) is 0 Å². The lowest BCUT2D eigenvalue weighted by atomic mass is 10.1. The minimum atomic E-state index is -0.419. The average molecular weight is 435 g/mol. The van der Waals surface area contributed by atoms with Crippen molar-refractivity contribution in [3.05, 3.63) is 77.6 Å². The number of nitrogens with zero attached hydrogens (tertiary/aromatic N) is 1. The number of nitrogens with one attached hydrogen (secondary N) is 2. The molecule has 8 nitrogen and oxygen atoms in total. The molecule has 0 saturated heterocycles. The lowest BCUT2D eigenvalue weighted by Crippen LogP contribution is -2.27. The molecule has 0 saturated carbocycles. The third-order valence-corrected chi connectivity index (χ3v) is 4.74. The number of aromatic nitrogens is 1. The van der Waals surface area contributed by atoms with Gasteiger partial charge in [0.2, 0.25) is 5.75 Å². The zero-order chi connectivity index (χ0) is 22.9. The second-order valence-electron chi connectivity index (χ2n) is 6.74. The first-order chi connectivity index (χ1) is 15.6. The summed E-state index contributed by atoms with van der Waals surface area (Å²) in [4.78, 5) is 29.9. The van der Waals surface area contributed by atoms with Crippen LogP contribution in [0.5, 0.6) is 17.2 Å². The molecule has 2 amide bonds. The van der Waals surface area contributed by atoms with Crippen LogP contribution in [-0.2, 0) is 6.42 Å². The molecule has 0 fully saturated rings. The fourth-order valence-electron chi connectivity index (χ4n) is 3.14. The topological polar surface area (TPSA) is 98.8 Å². The van der Waals surface area contributed by atoms with Crippen molar-refractivity contribution in [3.63, 3.8) is 0 Å². The van der Waals surface area contributed by atoms with Gasteiger partial charge in [0.25, 0.3) is 11.8 Å². The van der Waals surface area contributed by atoms with Gasteiger partial charge in [0.05, 0.1) is 32.6 Å². The van der Waals surface area contributed by atoms with Crippen LogP contribution in [-0.4, -0.2) is 44.7 Å². The molecule has 1 aromatic heterocycles. The van der Waals surface area contributed by atoms with Crippen molar-refractivity contribution in [2.24, 2.45) is 0 Å². The lowest BCUT2D eigenvalue weighted by molar-refractivity contribution is 0.0955. The van der Waals surface area contributed by atoms with Crippen molar-refractivity contribution in [2.45, 2.75) is 6.42 Å². The van der Waals surface area contributed by atoms with E-state index in [9.17, 15) is 9.59 Å². The number of carbonyl (C=O) groups excluding carboxylic acids is 2. The van der Waals surface area contributed by atoms with Gasteiger partial charge in [-0.25, -0.2) is 0 Å². The molecule has 0 aliphatic rings. The number of para-hydroxylation sites is 1. The number of pyridine rings is 1. The van der Waals surface area contributed by atoms with Crippen molar-refractivity contribution in [1.82, 2.24) is 10.3 Å². The number of amides is 2. The normalized spacial score (nSPS) is 10.2. The number of hydrogen-bond acceptors (Lipinski definition) is 6. The van der Waals surface area contributed by atoms with Crippen molar-refractivity contribution in [3.8, 4) is 17.2 Å². The predicted molar refractivity (Wildman–Crippen MR) is 121 cm³/mol. The molecule has 166 valence electrons. The van der Waals surface area contributed by atoms with E-state index < -0.39 is 5.91 Å². The van der Waals surface area contributed by atoms with E-state index in [4.69, 9.17) is 14.2 Å². The molecule has 0 spiro atoms. The zero-order valence-electron chi connectivity index (χ0n) is 18.2. The Kier molecular flexibility index (Phi) is 7.64. The van der Waals surface area contributed by atoms with E-state index in [0.29, 0.717) is 47.0 Å². The Morgan fingerprint density at radius 1 is 0.875 bits per heavy atom. The summed E-state index contributed by atoms with van der Waals surface area (Å²) in [7, 11) is 4.44. The Balaban J connectivity index is 1.74. The number of methoxy groups -OCH3 is 3. The van der Waals surface area contributed by atoms with Crippen molar-refractivity contribution < 1.29 is 23.8 Å². The molecule has 2 aromatic carbocycles. The standard InChI is InChI=1S/C24H25N3O5/c1-30-20-14-16(15-21(31-2)22(20)32-3)23(28)27-19-10-5-4-9-18(19)24(29)26-13-11-17-8-6-7-12-25-17/h4-10,12,14-15H,11,13H2,1-3H3,(H,26,29)(H,27,28). The summed E-state index contributed by atoms with van der Waals surface area (Å²) in [6.45, 7) is 0.422. The van der Waals surface area contributed by atoms with E-state index in [1.165, 1.54) is 21.3 Å². The van der Waals surface area contributed by atoms with Crippen LogP contribution >= 0.6 is 0 Å². The zero-order valence-corrected chi connectivity index (χ0v) is 18.2. The fraction of sp³-hybridized carbons (Fsp3) is 0.208. The second-order valence-corrected chi connectivity index (χ2v) is 6.74. The summed E-state index contributed by atoms with van der Waals surface area (Å²) in [5, 5.41) is 5.66. The molecule has 1 heterocycles. The van der Waals surface area contributed by atoms with Gasteiger partial charge in [-0.05, 0) is 36.4 Å². The second kappa shape index (κ2) is 10.8. The van der Waals surface area contributed by atoms with Gasteiger partial charge in [-0.3, -0.25) is 14.6 Å². The molecule has 2 N–H and O–H groups in total. The van der Waals surface area contributed by atoms with E-state index in [2.05, 4.69) is 15.6 Å². The average Bonchev–Trinajstić information content (AvgIpc) is 2.83. The summed E-state index contributed by atoms with van der Waals surface area (Å²) in [5.74, 6) is 0.397. The van der Waals surface area contributed by atoms with Gasteiger partial charge in [0, 0.05) is 30.4 Å². The van der Waals surface area contributed by atoms with Crippen LogP contribution in [0.25, 0.3) is 0 Å². The Morgan fingerprint density at radius 3 is 2.19 bits per heavy atom. The summed E-state index contributed by atoms with van der Waals surface area (Å²) in [5.41, 5.74) is 1.93. The maximum atomic E-state index is 12.9. The molecule has 3 aromatic rings. The highest BCUT2D eigenvalue weighted by atomic mass is 16.5. The summed E-state index contributed by atoms with van der Waals surface area (Å²) >= 11 is 0. The Bertz CT molecular complexity index is 1060. The fourth-order valence-corrected chi connectivity index (χ4v) is 3.14. The lowest BCUT2D eigenvalue weighted by Gasteiger charge is -2.15. The van der Waals surface area contributed by atoms with Crippen LogP contribution < -0.4 is 24.8 Å². The monoisotopic (exact) mass is 435 g/mol. The molecule has 3 rings (SSSR count). The Hall–Kier alpha value is -4.07. The maximum Gasteiger partial charge on any atom is 0.255 e. The number of carbonyl (C=O) groups is 2. The maximum absolute atomic E-state index is 12.9. The number of rotatable bonds is 9. The van der Waals surface area contributed by atoms with Gasteiger partial charge in [-0.1, -0.05) is 18.2 Å². The highest BCUT2D eigenvalue weighted by Crippen LogP contribution is 2.38. The van der Waals surface area contributed by atoms with Gasteiger partial charge in [0.15, 0.2) is 11.5 Å². The van der Waals surface area contributed by atoms with Crippen LogP contribution in [0.1, 0.15) is 26.4 Å². The molecule has 0 radical (unpaired) electrons. The van der Waals surface area contributed by atoms with E-state index in [1.807, 2.05) is 18.2 Å². The molecule has 32 heavy (non-hydrogen) atoms. The van der Waals surface area contributed by atoms with Crippen molar-refractivity contribution in [2.75, 3.05) is 33.2 Å². The summed E-state index contributed by atoms with van der Waals surface area (Å²) in [6, 6.07) is 15.5. The Labute approximate surface area is 186 Å². The van der Waals surface area contributed by atoms with Gasteiger partial charge >= 0.3 is 0 Å². The third-order valence-electron chi connectivity index (χ3n) is 4.74. The minimum absolute atomic E-state index is 0.290. The van der Waals surface area contributed by atoms with E-state index in [-0.39, 0.29) is 5.91 Å². The molecule has 0 aliphatic heterocycles. The largest absolute Gasteiger partial charge is 0.493 e. The number of benzene rings is 2. The number of ether oxygens (including phenoxy) is 3. The van der Waals surface area contributed by atoms with Crippen LogP contribution in [0.4, 0.5) is 5.69 Å². The Morgan fingerprint density at radius 2 is 1.56 bits per heavy atom. The first kappa shape index (κ1) is 22.6. The molecular formula is C24H25N3O5. The van der Waals surface area contributed by atoms with Gasteiger partial charge in [0.1, 0.15) is 0 Å². The van der Waals surface area contributed by atoms with Gasteiger partial charge in [-0.15, -0.1) is 0 Å². The molecular weight excluding hydrogens is 410 g/mol. The van der Waals surface area contributed by atoms with E-state index >= 15 is 0 Å². The van der Waals surface area contributed by atoms with Gasteiger partial charge < -0.3 is 24.8 Å². The third kappa shape index (κ3) is 5.34. The quantitative estimate of drug-likeness (QED) is 0.535. The van der Waals surface area contributed by atoms with Crippen LogP contribution in [0.15, 0.2) is 60.8 Å². The summed E-state index contributed by atoms with van der Waals surface area (Å²) < 4.78 is 15.9. The molecule has 0 unspecified atom stereocenters. The van der Waals surface area contributed by atoms with Crippen LogP contribution in [0, 0.1) is 0 Å². The SMILES string of the molecule is COc1cc(C(=O)Nc2ccccc2C(=O)NCCc2ccccn2)cc(OC)c1OC. The highest BCUT2D eigenvalue weighted by Gasteiger charge is 2.19. The minimum Gasteiger partial charge on any atom is -0.493 e. The molecule has 0 aliphatic carbocycles. The smallest absolute Gasteiger partial charge is 0.255 e. The number of hydrogen-bond donors (Lipinski definition) is 2. The molecule has 0 bridgehead atoms. The van der Waals surface area contributed by atoms with E-state index in [1.54, 1.807) is 42.6 Å². The van der Waals surface area contributed by atoms with Crippen molar-refractivity contribution >= 4 is 17.5 Å². The molecule has 0 atom stereocenters. The van der Waals surface area contributed by atoms with Gasteiger partial charge in [-0.2, -0.15) is 0 Å².